The summed E-state index contributed by atoms with van der Waals surface area (Å²) in [5, 5.41) is 0. The first-order valence-electron chi connectivity index (χ1n) is 8.39. The second-order valence-corrected chi connectivity index (χ2v) is 6.69. The number of rotatable bonds is 11. The Morgan fingerprint density at radius 1 is 1.22 bits per heavy atom. The lowest BCUT2D eigenvalue weighted by atomic mass is 10.00. The van der Waals surface area contributed by atoms with Crippen molar-refractivity contribution in [1.29, 1.82) is 0 Å². The van der Waals surface area contributed by atoms with E-state index in [1.165, 1.54) is 0 Å². The molecule has 0 fully saturated rings. The zero-order valence-electron chi connectivity index (χ0n) is 15.4. The summed E-state index contributed by atoms with van der Waals surface area (Å²) in [5.41, 5.74) is -0.392. The highest BCUT2D eigenvalue weighted by atomic mass is 17.2. The number of esters is 1. The topological polar surface area (TPSA) is 61.8 Å². The summed E-state index contributed by atoms with van der Waals surface area (Å²) in [7, 11) is 0. The van der Waals surface area contributed by atoms with Crippen LogP contribution >= 0.6 is 0 Å². The van der Waals surface area contributed by atoms with Gasteiger partial charge in [-0.05, 0) is 40.5 Å². The number of hydrogen-bond donors (Lipinski definition) is 0. The van der Waals surface area contributed by atoms with Crippen LogP contribution in [0.1, 0.15) is 73.6 Å². The van der Waals surface area contributed by atoms with E-state index in [-0.39, 0.29) is 18.0 Å². The Morgan fingerprint density at radius 2 is 1.83 bits per heavy atom. The van der Waals surface area contributed by atoms with Crippen molar-refractivity contribution in [3.63, 3.8) is 0 Å². The SMILES string of the molecule is C=C(C)C(=O)OC(C)CC(C)(C)OOC(=O)C(CC)CCCC. The number of hydrogen-bond acceptors (Lipinski definition) is 5. The van der Waals surface area contributed by atoms with Crippen molar-refractivity contribution in [3.8, 4) is 0 Å². The molecule has 0 aromatic rings. The summed E-state index contributed by atoms with van der Waals surface area (Å²) < 4.78 is 5.22. The average Bonchev–Trinajstić information content (AvgIpc) is 2.45. The molecule has 5 heteroatoms. The third kappa shape index (κ3) is 9.39. The third-order valence-electron chi connectivity index (χ3n) is 3.52. The van der Waals surface area contributed by atoms with Gasteiger partial charge in [-0.1, -0.05) is 33.3 Å². The number of carbonyl (C=O) groups is 2. The zero-order chi connectivity index (χ0) is 18.0. The molecule has 23 heavy (non-hydrogen) atoms. The summed E-state index contributed by atoms with van der Waals surface area (Å²) in [6.07, 6.45) is 3.62. The second kappa shape index (κ2) is 10.4. The fourth-order valence-corrected chi connectivity index (χ4v) is 2.21. The highest BCUT2D eigenvalue weighted by molar-refractivity contribution is 5.87. The second-order valence-electron chi connectivity index (χ2n) is 6.69. The van der Waals surface area contributed by atoms with Crippen LogP contribution in [-0.2, 0) is 24.1 Å². The minimum Gasteiger partial charge on any atom is -0.459 e. The van der Waals surface area contributed by atoms with E-state index in [9.17, 15) is 9.59 Å². The number of ether oxygens (including phenoxy) is 1. The minimum absolute atomic E-state index is 0.135. The highest BCUT2D eigenvalue weighted by Gasteiger charge is 2.28. The molecule has 0 aliphatic rings. The maximum Gasteiger partial charge on any atom is 0.345 e. The Labute approximate surface area is 140 Å². The van der Waals surface area contributed by atoms with Crippen molar-refractivity contribution in [1.82, 2.24) is 0 Å². The van der Waals surface area contributed by atoms with Crippen LogP contribution in [0, 0.1) is 5.92 Å². The van der Waals surface area contributed by atoms with Crippen LogP contribution in [0.2, 0.25) is 0 Å². The van der Waals surface area contributed by atoms with Crippen LogP contribution in [-0.4, -0.2) is 23.6 Å². The molecule has 0 rings (SSSR count). The van der Waals surface area contributed by atoms with E-state index < -0.39 is 11.6 Å². The standard InChI is InChI=1S/C18H32O5/c1-8-10-11-15(9-2)17(20)22-23-18(6,7)12-14(5)21-16(19)13(3)4/h14-15H,3,8-12H2,1-2,4-7H3. The van der Waals surface area contributed by atoms with E-state index >= 15 is 0 Å². The molecule has 0 spiro atoms. The van der Waals surface area contributed by atoms with E-state index in [0.29, 0.717) is 12.0 Å². The first-order valence-corrected chi connectivity index (χ1v) is 8.39. The maximum absolute atomic E-state index is 12.0. The average molecular weight is 328 g/mol. The first kappa shape index (κ1) is 21.6. The molecule has 134 valence electrons. The van der Waals surface area contributed by atoms with E-state index in [1.54, 1.807) is 27.7 Å². The highest BCUT2D eigenvalue weighted by Crippen LogP contribution is 2.22. The van der Waals surface area contributed by atoms with Crippen molar-refractivity contribution in [2.24, 2.45) is 5.92 Å². The van der Waals surface area contributed by atoms with Crippen LogP contribution in [0.3, 0.4) is 0 Å². The summed E-state index contributed by atoms with van der Waals surface area (Å²) in [5.74, 6) is -0.902. The van der Waals surface area contributed by atoms with Crippen LogP contribution in [0.5, 0.6) is 0 Å². The molecular formula is C18H32O5. The third-order valence-corrected chi connectivity index (χ3v) is 3.52. The lowest BCUT2D eigenvalue weighted by Gasteiger charge is -2.26. The molecule has 2 unspecified atom stereocenters. The van der Waals surface area contributed by atoms with Crippen LogP contribution < -0.4 is 0 Å². The van der Waals surface area contributed by atoms with Gasteiger partial charge in [-0.15, -0.1) is 0 Å². The van der Waals surface area contributed by atoms with Gasteiger partial charge in [-0.25, -0.2) is 9.59 Å². The van der Waals surface area contributed by atoms with E-state index in [2.05, 4.69) is 13.5 Å². The molecule has 0 aromatic heterocycles. The van der Waals surface area contributed by atoms with Gasteiger partial charge >= 0.3 is 11.9 Å². The van der Waals surface area contributed by atoms with Gasteiger partial charge in [0.1, 0.15) is 11.7 Å². The maximum atomic E-state index is 12.0. The van der Waals surface area contributed by atoms with Crippen molar-refractivity contribution in [3.05, 3.63) is 12.2 Å². The molecule has 0 saturated heterocycles. The van der Waals surface area contributed by atoms with Crippen molar-refractivity contribution >= 4 is 11.9 Å². The first-order chi connectivity index (χ1) is 10.6. The lowest BCUT2D eigenvalue weighted by Crippen LogP contribution is -2.33. The fraction of sp³-hybridized carbons (Fsp3) is 0.778. The zero-order valence-corrected chi connectivity index (χ0v) is 15.4. The Hall–Kier alpha value is -1.36. The summed E-state index contributed by atoms with van der Waals surface area (Å²) >= 11 is 0. The quantitative estimate of drug-likeness (QED) is 0.244. The van der Waals surface area contributed by atoms with Crippen LogP contribution in [0.4, 0.5) is 0 Å². The number of unbranched alkanes of at least 4 members (excludes halogenated alkanes) is 1. The van der Waals surface area contributed by atoms with Crippen molar-refractivity contribution in [2.45, 2.75) is 85.4 Å². The Balaban J connectivity index is 4.37. The Kier molecular flexibility index (Phi) is 9.80. The van der Waals surface area contributed by atoms with Gasteiger partial charge in [0, 0.05) is 12.0 Å². The van der Waals surface area contributed by atoms with Crippen molar-refractivity contribution < 1.29 is 24.1 Å². The normalized spacial score (nSPS) is 14.0. The molecule has 0 saturated carbocycles. The van der Waals surface area contributed by atoms with E-state index in [1.807, 2.05) is 6.92 Å². The molecule has 0 aromatic carbocycles. The molecule has 5 nitrogen and oxygen atoms in total. The van der Waals surface area contributed by atoms with Crippen molar-refractivity contribution in [2.75, 3.05) is 0 Å². The molecule has 0 radical (unpaired) electrons. The summed E-state index contributed by atoms with van der Waals surface area (Å²) in [6, 6.07) is 0. The molecular weight excluding hydrogens is 296 g/mol. The van der Waals surface area contributed by atoms with E-state index in [4.69, 9.17) is 14.5 Å². The predicted molar refractivity (Wildman–Crippen MR) is 89.5 cm³/mol. The van der Waals surface area contributed by atoms with Crippen LogP contribution in [0.25, 0.3) is 0 Å². The molecule has 0 heterocycles. The summed E-state index contributed by atoms with van der Waals surface area (Å²) in [6.45, 7) is 14.5. The molecule has 0 N–H and O–H groups in total. The summed E-state index contributed by atoms with van der Waals surface area (Å²) in [4.78, 5) is 33.8. The molecule has 0 bridgehead atoms. The predicted octanol–water partition coefficient (Wildman–Crippen LogP) is 4.35. The number of carbonyl (C=O) groups excluding carboxylic acids is 2. The molecule has 0 aliphatic heterocycles. The van der Waals surface area contributed by atoms with Gasteiger partial charge in [0.2, 0.25) is 0 Å². The Morgan fingerprint density at radius 3 is 2.30 bits per heavy atom. The minimum atomic E-state index is -0.743. The van der Waals surface area contributed by atoms with Gasteiger partial charge < -0.3 is 4.74 Å². The largest absolute Gasteiger partial charge is 0.459 e. The van der Waals surface area contributed by atoms with Gasteiger partial charge in [0.25, 0.3) is 0 Å². The van der Waals surface area contributed by atoms with Gasteiger partial charge in [0.05, 0.1) is 5.92 Å². The Bertz CT molecular complexity index is 400. The van der Waals surface area contributed by atoms with Gasteiger partial charge in [0.15, 0.2) is 0 Å². The molecule has 2 atom stereocenters. The smallest absolute Gasteiger partial charge is 0.345 e. The molecule has 0 aliphatic carbocycles. The molecule has 0 amide bonds. The fourth-order valence-electron chi connectivity index (χ4n) is 2.21. The van der Waals surface area contributed by atoms with E-state index in [0.717, 1.165) is 25.7 Å². The monoisotopic (exact) mass is 328 g/mol. The van der Waals surface area contributed by atoms with Gasteiger partial charge in [-0.3, -0.25) is 4.89 Å². The lowest BCUT2D eigenvalue weighted by molar-refractivity contribution is -0.331. The van der Waals surface area contributed by atoms with Gasteiger partial charge in [-0.2, -0.15) is 4.89 Å². The van der Waals surface area contributed by atoms with Crippen LogP contribution in [0.15, 0.2) is 12.2 Å².